The molecule has 3 atom stereocenters. The molecule has 5 rings (SSSR count). The fourth-order valence-corrected chi connectivity index (χ4v) is 5.02. The van der Waals surface area contributed by atoms with Gasteiger partial charge in [-0.05, 0) is 35.4 Å². The van der Waals surface area contributed by atoms with E-state index in [1.54, 1.807) is 53.7 Å². The molecule has 172 valence electrons. The van der Waals surface area contributed by atoms with Gasteiger partial charge in [0.15, 0.2) is 0 Å². The summed E-state index contributed by atoms with van der Waals surface area (Å²) in [5, 5.41) is 12.0. The van der Waals surface area contributed by atoms with E-state index in [-0.39, 0.29) is 5.92 Å². The number of aliphatic hydroxyl groups is 1. The third kappa shape index (κ3) is 3.03. The van der Waals surface area contributed by atoms with Crippen molar-refractivity contribution in [2.75, 3.05) is 35.5 Å². The minimum Gasteiger partial charge on any atom is -0.497 e. The molecular weight excluding hydrogens is 424 g/mol. The van der Waals surface area contributed by atoms with Crippen LogP contribution >= 0.6 is 0 Å². The molecule has 1 heterocycles. The van der Waals surface area contributed by atoms with E-state index in [9.17, 15) is 5.11 Å². The summed E-state index contributed by atoms with van der Waals surface area (Å²) in [6, 6.07) is 15.1. The summed E-state index contributed by atoms with van der Waals surface area (Å²) in [6.07, 6.45) is -0.511. The van der Waals surface area contributed by atoms with Gasteiger partial charge >= 0.3 is 0 Å². The molecule has 0 amide bonds. The fourth-order valence-electron chi connectivity index (χ4n) is 5.02. The first-order valence-corrected chi connectivity index (χ1v) is 10.6. The molecule has 1 aliphatic carbocycles. The largest absolute Gasteiger partial charge is 0.497 e. The highest BCUT2D eigenvalue weighted by atomic mass is 16.6. The molecule has 3 aromatic rings. The number of benzene rings is 3. The predicted molar refractivity (Wildman–Crippen MR) is 121 cm³/mol. The monoisotopic (exact) mass is 450 g/mol. The van der Waals surface area contributed by atoms with Gasteiger partial charge in [-0.15, -0.1) is 0 Å². The Bertz CT molecular complexity index is 1200. The second-order valence-electron chi connectivity index (χ2n) is 8.02. The maximum Gasteiger partial charge on any atom is 0.225 e. The summed E-state index contributed by atoms with van der Waals surface area (Å²) < 4.78 is 34.3. The molecule has 0 unspecified atom stereocenters. The van der Waals surface area contributed by atoms with E-state index in [1.165, 1.54) is 0 Å². The fraction of sp³-hybridized carbons (Fsp3) is 0.308. The zero-order chi connectivity index (χ0) is 23.3. The van der Waals surface area contributed by atoms with Crippen molar-refractivity contribution in [1.82, 2.24) is 0 Å². The minimum absolute atomic E-state index is 0.265. The van der Waals surface area contributed by atoms with Gasteiger partial charge < -0.3 is 33.5 Å². The van der Waals surface area contributed by atoms with E-state index in [1.807, 2.05) is 30.3 Å². The Labute approximate surface area is 192 Å². The molecule has 2 bridgehead atoms. The standard InChI is InChI=1S/C26H26O7/c1-28-15-8-6-14(7-9-15)22-18-10-16(29-2)13-21(32-5)24(18)26(27)19-11-17(30-3)12-20(31-4)23(19)25(22)33-26/h6-13,22,25,27H,1-5H3/t22-,25+,26-/m0/s1. The number of hydrogen-bond donors (Lipinski definition) is 1. The van der Waals surface area contributed by atoms with Crippen LogP contribution in [0.3, 0.4) is 0 Å². The van der Waals surface area contributed by atoms with Crippen molar-refractivity contribution in [3.8, 4) is 28.7 Å². The van der Waals surface area contributed by atoms with Gasteiger partial charge in [-0.1, -0.05) is 12.1 Å². The van der Waals surface area contributed by atoms with Gasteiger partial charge in [-0.25, -0.2) is 0 Å². The van der Waals surface area contributed by atoms with E-state index < -0.39 is 11.9 Å². The topological polar surface area (TPSA) is 75.6 Å². The normalized spacial score (nSPS) is 22.2. The second kappa shape index (κ2) is 7.86. The van der Waals surface area contributed by atoms with Crippen molar-refractivity contribution < 1.29 is 33.5 Å². The Hall–Kier alpha value is -3.42. The molecule has 7 nitrogen and oxygen atoms in total. The third-order valence-electron chi connectivity index (χ3n) is 6.53. The first-order valence-electron chi connectivity index (χ1n) is 10.6. The predicted octanol–water partition coefficient (Wildman–Crippen LogP) is 4.14. The highest BCUT2D eigenvalue weighted by Gasteiger charge is 2.57. The van der Waals surface area contributed by atoms with Crippen LogP contribution in [-0.4, -0.2) is 40.7 Å². The van der Waals surface area contributed by atoms with E-state index >= 15 is 0 Å². The van der Waals surface area contributed by atoms with Crippen molar-refractivity contribution in [1.29, 1.82) is 0 Å². The number of ether oxygens (including phenoxy) is 6. The lowest BCUT2D eigenvalue weighted by Gasteiger charge is -2.38. The van der Waals surface area contributed by atoms with Crippen LogP contribution in [0.5, 0.6) is 28.7 Å². The zero-order valence-electron chi connectivity index (χ0n) is 19.2. The average molecular weight is 450 g/mol. The van der Waals surface area contributed by atoms with Gasteiger partial charge in [0.2, 0.25) is 5.79 Å². The van der Waals surface area contributed by atoms with Crippen LogP contribution < -0.4 is 23.7 Å². The van der Waals surface area contributed by atoms with E-state index in [0.717, 1.165) is 22.4 Å². The minimum atomic E-state index is -1.74. The SMILES string of the molecule is COc1ccc([C@H]2c3cc(OC)cc(OC)c3[C@@]3(O)O[C@H]2c2c(OC)cc(OC)cc23)cc1. The summed E-state index contributed by atoms with van der Waals surface area (Å²) in [4.78, 5) is 0. The third-order valence-corrected chi connectivity index (χ3v) is 6.53. The summed E-state index contributed by atoms with van der Waals surface area (Å²) in [5.74, 6) is 0.995. The van der Waals surface area contributed by atoms with E-state index in [0.29, 0.717) is 34.1 Å². The molecule has 33 heavy (non-hydrogen) atoms. The Morgan fingerprint density at radius 2 is 1.33 bits per heavy atom. The van der Waals surface area contributed by atoms with Crippen LogP contribution in [0.15, 0.2) is 48.5 Å². The Morgan fingerprint density at radius 3 is 1.94 bits per heavy atom. The van der Waals surface area contributed by atoms with Crippen molar-refractivity contribution in [3.05, 3.63) is 76.3 Å². The first kappa shape index (κ1) is 21.4. The van der Waals surface area contributed by atoms with Gasteiger partial charge in [0, 0.05) is 29.2 Å². The van der Waals surface area contributed by atoms with E-state index in [2.05, 4.69) is 0 Å². The van der Waals surface area contributed by atoms with Gasteiger partial charge in [-0.3, -0.25) is 0 Å². The van der Waals surface area contributed by atoms with Crippen molar-refractivity contribution in [2.24, 2.45) is 0 Å². The summed E-state index contributed by atoms with van der Waals surface area (Å²) in [7, 11) is 7.98. The molecule has 0 spiro atoms. The molecular formula is C26H26O7. The van der Waals surface area contributed by atoms with Crippen molar-refractivity contribution >= 4 is 0 Å². The Morgan fingerprint density at radius 1 is 0.727 bits per heavy atom. The number of methoxy groups -OCH3 is 5. The lowest BCUT2D eigenvalue weighted by Crippen LogP contribution is -2.34. The molecule has 0 aromatic heterocycles. The lowest BCUT2D eigenvalue weighted by atomic mass is 9.80. The molecule has 0 saturated carbocycles. The molecule has 0 radical (unpaired) electrons. The first-order chi connectivity index (χ1) is 16.0. The molecule has 1 N–H and O–H groups in total. The molecule has 3 aromatic carbocycles. The number of rotatable bonds is 6. The van der Waals surface area contributed by atoms with Crippen LogP contribution in [0.25, 0.3) is 0 Å². The van der Waals surface area contributed by atoms with Crippen LogP contribution in [0, 0.1) is 0 Å². The second-order valence-corrected chi connectivity index (χ2v) is 8.02. The molecule has 0 saturated heterocycles. The molecule has 1 aliphatic heterocycles. The van der Waals surface area contributed by atoms with Crippen LogP contribution in [0.2, 0.25) is 0 Å². The maximum atomic E-state index is 12.0. The number of fused-ring (bicyclic) bond motifs is 2. The van der Waals surface area contributed by atoms with Gasteiger partial charge in [0.1, 0.15) is 34.9 Å². The summed E-state index contributed by atoms with van der Waals surface area (Å²) >= 11 is 0. The quantitative estimate of drug-likeness (QED) is 0.605. The molecule has 7 heteroatoms. The van der Waals surface area contributed by atoms with Gasteiger partial charge in [-0.2, -0.15) is 0 Å². The summed E-state index contributed by atoms with van der Waals surface area (Å²) in [5.41, 5.74) is 3.73. The smallest absolute Gasteiger partial charge is 0.225 e. The van der Waals surface area contributed by atoms with Crippen LogP contribution in [-0.2, 0) is 10.5 Å². The van der Waals surface area contributed by atoms with E-state index in [4.69, 9.17) is 28.4 Å². The lowest BCUT2D eigenvalue weighted by molar-refractivity contribution is -0.205. The highest BCUT2D eigenvalue weighted by Crippen LogP contribution is 2.63. The van der Waals surface area contributed by atoms with Crippen molar-refractivity contribution in [2.45, 2.75) is 17.8 Å². The molecule has 0 fully saturated rings. The van der Waals surface area contributed by atoms with Crippen LogP contribution in [0.1, 0.15) is 39.8 Å². The Kier molecular flexibility index (Phi) is 5.11. The van der Waals surface area contributed by atoms with Gasteiger partial charge in [0.05, 0.1) is 41.1 Å². The molecule has 2 aliphatic rings. The highest BCUT2D eigenvalue weighted by molar-refractivity contribution is 5.65. The summed E-state index contributed by atoms with van der Waals surface area (Å²) in [6.45, 7) is 0. The number of hydrogen-bond acceptors (Lipinski definition) is 7. The van der Waals surface area contributed by atoms with Crippen LogP contribution in [0.4, 0.5) is 0 Å². The van der Waals surface area contributed by atoms with Crippen molar-refractivity contribution in [3.63, 3.8) is 0 Å². The average Bonchev–Trinajstić information content (AvgIpc) is 3.11. The maximum absolute atomic E-state index is 12.0. The zero-order valence-corrected chi connectivity index (χ0v) is 19.2. The van der Waals surface area contributed by atoms with Gasteiger partial charge in [0.25, 0.3) is 0 Å². The Balaban J connectivity index is 1.85.